The average Bonchev–Trinajstić information content (AvgIpc) is 2.72. The second-order valence-corrected chi connectivity index (χ2v) is 8.42. The van der Waals surface area contributed by atoms with Crippen LogP contribution in [0.2, 0.25) is 0 Å². The highest BCUT2D eigenvalue weighted by Gasteiger charge is 2.06. The first-order chi connectivity index (χ1) is 14.1. The minimum atomic E-state index is -0.160. The molecule has 0 fully saturated rings. The van der Waals surface area contributed by atoms with Gasteiger partial charge in [0.15, 0.2) is 5.78 Å². The Bertz CT molecular complexity index is 761. The molecule has 0 heterocycles. The molecule has 0 radical (unpaired) electrons. The highest BCUT2D eigenvalue weighted by Crippen LogP contribution is 2.28. The fraction of sp³-hybridized carbons (Fsp3) is 0.400. The number of phenolic OH excluding ortho intramolecular Hbond substituents is 2. The molecule has 0 amide bonds. The van der Waals surface area contributed by atoms with Gasteiger partial charge in [-0.25, -0.2) is 0 Å². The van der Waals surface area contributed by atoms with Crippen LogP contribution in [-0.2, 0) is 0 Å². The number of hydrogen-bond donors (Lipinski definition) is 2. The van der Waals surface area contributed by atoms with Crippen LogP contribution >= 0.6 is 11.8 Å². The lowest BCUT2D eigenvalue weighted by atomic mass is 10.1. The Morgan fingerprint density at radius 1 is 0.862 bits per heavy atom. The number of rotatable bonds is 13. The monoisotopic (exact) mass is 412 g/mol. The van der Waals surface area contributed by atoms with Gasteiger partial charge in [-0.05, 0) is 60.7 Å². The molecule has 2 aromatic rings. The molecule has 29 heavy (non-hydrogen) atoms. The van der Waals surface area contributed by atoms with E-state index in [1.54, 1.807) is 6.07 Å². The number of phenols is 2. The maximum atomic E-state index is 12.3. The molecule has 0 spiro atoms. The number of unbranched alkanes of at least 4 members (excludes halogenated alkanes) is 7. The molecule has 0 aliphatic heterocycles. The molecule has 0 aliphatic carbocycles. The Morgan fingerprint density at radius 2 is 1.45 bits per heavy atom. The summed E-state index contributed by atoms with van der Waals surface area (Å²) in [5.41, 5.74) is 0.839. The van der Waals surface area contributed by atoms with Crippen LogP contribution in [0.3, 0.4) is 0 Å². The van der Waals surface area contributed by atoms with E-state index < -0.39 is 0 Å². The number of carbonyl (C=O) groups excluding carboxylic acids is 1. The molecule has 0 atom stereocenters. The fourth-order valence-electron chi connectivity index (χ4n) is 3.11. The predicted molar refractivity (Wildman–Crippen MR) is 123 cm³/mol. The van der Waals surface area contributed by atoms with Gasteiger partial charge in [-0.15, -0.1) is 11.8 Å². The zero-order chi connectivity index (χ0) is 20.9. The van der Waals surface area contributed by atoms with Crippen molar-refractivity contribution in [3.63, 3.8) is 0 Å². The van der Waals surface area contributed by atoms with E-state index in [-0.39, 0.29) is 22.8 Å². The summed E-state index contributed by atoms with van der Waals surface area (Å²) in [5.74, 6) is 0.838. The summed E-state index contributed by atoms with van der Waals surface area (Å²) in [6.45, 7) is 2.25. The van der Waals surface area contributed by atoms with Gasteiger partial charge in [0, 0.05) is 10.5 Å². The average molecular weight is 413 g/mol. The van der Waals surface area contributed by atoms with Crippen LogP contribution in [0.15, 0.2) is 53.4 Å². The van der Waals surface area contributed by atoms with Gasteiger partial charge in [-0.1, -0.05) is 57.9 Å². The van der Waals surface area contributed by atoms with E-state index in [0.29, 0.717) is 5.56 Å². The van der Waals surface area contributed by atoms with Crippen molar-refractivity contribution in [3.8, 4) is 11.5 Å². The molecule has 4 heteroatoms. The molecule has 0 saturated heterocycles. The van der Waals surface area contributed by atoms with Crippen molar-refractivity contribution < 1.29 is 15.0 Å². The SMILES string of the molecule is CCCCCCCCCCSc1ccc(C(=O)/C=C/c2c(O)cccc2O)cc1. The van der Waals surface area contributed by atoms with Crippen LogP contribution in [0, 0.1) is 0 Å². The van der Waals surface area contributed by atoms with Crippen LogP contribution < -0.4 is 0 Å². The molecule has 156 valence electrons. The third kappa shape index (κ3) is 8.36. The zero-order valence-electron chi connectivity index (χ0n) is 17.3. The summed E-state index contributed by atoms with van der Waals surface area (Å²) in [7, 11) is 0. The van der Waals surface area contributed by atoms with E-state index in [0.717, 1.165) is 5.75 Å². The topological polar surface area (TPSA) is 57.5 Å². The minimum Gasteiger partial charge on any atom is -0.507 e. The van der Waals surface area contributed by atoms with Crippen molar-refractivity contribution in [1.82, 2.24) is 0 Å². The molecule has 0 aliphatic rings. The zero-order valence-corrected chi connectivity index (χ0v) is 18.1. The Hall–Kier alpha value is -2.20. The van der Waals surface area contributed by atoms with Gasteiger partial charge < -0.3 is 10.2 Å². The summed E-state index contributed by atoms with van der Waals surface area (Å²) >= 11 is 1.83. The molecule has 2 aromatic carbocycles. The van der Waals surface area contributed by atoms with Gasteiger partial charge >= 0.3 is 0 Å². The lowest BCUT2D eigenvalue weighted by molar-refractivity contribution is 0.104. The number of thioether (sulfide) groups is 1. The Balaban J connectivity index is 1.72. The van der Waals surface area contributed by atoms with E-state index in [1.807, 2.05) is 36.0 Å². The lowest BCUT2D eigenvalue weighted by Crippen LogP contribution is -1.94. The first-order valence-electron chi connectivity index (χ1n) is 10.6. The van der Waals surface area contributed by atoms with Crippen molar-refractivity contribution in [3.05, 3.63) is 59.7 Å². The van der Waals surface area contributed by atoms with Crippen LogP contribution in [-0.4, -0.2) is 21.7 Å². The lowest BCUT2D eigenvalue weighted by Gasteiger charge is -2.04. The van der Waals surface area contributed by atoms with Crippen LogP contribution in [0.25, 0.3) is 6.08 Å². The number of benzene rings is 2. The van der Waals surface area contributed by atoms with Gasteiger partial charge in [-0.3, -0.25) is 4.79 Å². The molecule has 0 aromatic heterocycles. The second kappa shape index (κ2) is 13.1. The van der Waals surface area contributed by atoms with Crippen LogP contribution in [0.1, 0.15) is 74.2 Å². The van der Waals surface area contributed by atoms with E-state index in [4.69, 9.17) is 0 Å². The molecule has 0 saturated carbocycles. The number of carbonyl (C=O) groups is 1. The Labute approximate surface area is 178 Å². The standard InChI is InChI=1S/C25H32O3S/c1-2-3-4-5-6-7-8-9-19-29-21-15-13-20(14-16-21)23(26)18-17-22-24(27)11-10-12-25(22)28/h10-18,27-28H,2-9,19H2,1H3/b18-17+. The molecule has 0 bridgehead atoms. The van der Waals surface area contributed by atoms with Crippen molar-refractivity contribution in [2.75, 3.05) is 5.75 Å². The van der Waals surface area contributed by atoms with Gasteiger partial charge in [0.2, 0.25) is 0 Å². The molecule has 3 nitrogen and oxygen atoms in total. The van der Waals surface area contributed by atoms with Gasteiger partial charge in [-0.2, -0.15) is 0 Å². The van der Waals surface area contributed by atoms with Gasteiger partial charge in [0.05, 0.1) is 5.56 Å². The predicted octanol–water partition coefficient (Wildman–Crippen LogP) is 7.23. The van der Waals surface area contributed by atoms with Gasteiger partial charge in [0.25, 0.3) is 0 Å². The highest BCUT2D eigenvalue weighted by molar-refractivity contribution is 7.99. The van der Waals surface area contributed by atoms with E-state index >= 15 is 0 Å². The minimum absolute atomic E-state index is 0.0539. The van der Waals surface area contributed by atoms with E-state index in [1.165, 1.54) is 80.5 Å². The van der Waals surface area contributed by atoms with Crippen molar-refractivity contribution in [1.29, 1.82) is 0 Å². The fourth-order valence-corrected chi connectivity index (χ4v) is 4.02. The first kappa shape index (κ1) is 23.1. The maximum Gasteiger partial charge on any atom is 0.185 e. The quantitative estimate of drug-likeness (QED) is 0.158. The normalized spacial score (nSPS) is 11.2. The molecule has 2 rings (SSSR count). The Morgan fingerprint density at radius 3 is 2.07 bits per heavy atom. The van der Waals surface area contributed by atoms with E-state index in [2.05, 4.69) is 6.92 Å². The van der Waals surface area contributed by atoms with Gasteiger partial charge in [0.1, 0.15) is 11.5 Å². The summed E-state index contributed by atoms with van der Waals surface area (Å²) in [6, 6.07) is 12.1. The van der Waals surface area contributed by atoms with Crippen LogP contribution in [0.4, 0.5) is 0 Å². The number of ketones is 1. The summed E-state index contributed by atoms with van der Waals surface area (Å²) in [5, 5.41) is 19.5. The summed E-state index contributed by atoms with van der Waals surface area (Å²) in [6.07, 6.45) is 13.4. The molecule has 2 N–H and O–H groups in total. The number of hydrogen-bond acceptors (Lipinski definition) is 4. The highest BCUT2D eigenvalue weighted by atomic mass is 32.2. The summed E-state index contributed by atoms with van der Waals surface area (Å²) < 4.78 is 0. The maximum absolute atomic E-state index is 12.3. The third-order valence-electron chi connectivity index (χ3n) is 4.87. The van der Waals surface area contributed by atoms with Crippen molar-refractivity contribution >= 4 is 23.6 Å². The first-order valence-corrected chi connectivity index (χ1v) is 11.6. The van der Waals surface area contributed by atoms with E-state index in [9.17, 15) is 15.0 Å². The molecule has 0 unspecified atom stereocenters. The molecular formula is C25H32O3S. The largest absolute Gasteiger partial charge is 0.507 e. The van der Waals surface area contributed by atoms with Crippen molar-refractivity contribution in [2.24, 2.45) is 0 Å². The smallest absolute Gasteiger partial charge is 0.185 e. The summed E-state index contributed by atoms with van der Waals surface area (Å²) in [4.78, 5) is 13.5. The second-order valence-electron chi connectivity index (χ2n) is 7.26. The number of aromatic hydroxyl groups is 2. The van der Waals surface area contributed by atoms with Crippen LogP contribution in [0.5, 0.6) is 11.5 Å². The van der Waals surface area contributed by atoms with Crippen molar-refractivity contribution in [2.45, 2.75) is 63.2 Å². The third-order valence-corrected chi connectivity index (χ3v) is 5.97. The molecular weight excluding hydrogens is 380 g/mol. The Kier molecular flexibility index (Phi) is 10.4. The number of allylic oxidation sites excluding steroid dienone is 1.